The molecule has 0 fully saturated rings. The Morgan fingerprint density at radius 3 is 2.33 bits per heavy atom. The van der Waals surface area contributed by atoms with Crippen molar-refractivity contribution >= 4 is 12.2 Å². The predicted octanol–water partition coefficient (Wildman–Crippen LogP) is 1.06. The van der Waals surface area contributed by atoms with Gasteiger partial charge in [0.2, 0.25) is 0 Å². The van der Waals surface area contributed by atoms with Crippen molar-refractivity contribution in [3.63, 3.8) is 0 Å². The molecule has 0 bridgehead atoms. The molecule has 2 heteroatoms. The average Bonchev–Trinajstić information content (AvgIpc) is 2.30. The molecule has 1 aromatic heterocycles. The summed E-state index contributed by atoms with van der Waals surface area (Å²) in [5.74, 6) is 0. The molecule has 1 aromatic rings. The molecule has 1 rings (SSSR count). The lowest BCUT2D eigenvalue weighted by Gasteiger charge is -2.04. The molecule has 0 radical (unpaired) electrons. The van der Waals surface area contributed by atoms with Gasteiger partial charge in [0.05, 0.1) is 17.0 Å². The van der Waals surface area contributed by atoms with Gasteiger partial charge in [0.1, 0.15) is 0 Å². The van der Waals surface area contributed by atoms with Crippen LogP contribution in [0.3, 0.4) is 0 Å². The predicted molar refractivity (Wildman–Crippen MR) is 52.1 cm³/mol. The van der Waals surface area contributed by atoms with Crippen LogP contribution in [0.5, 0.6) is 0 Å². The van der Waals surface area contributed by atoms with Crippen LogP contribution in [0.4, 0.5) is 0 Å². The number of rotatable bonds is 1. The highest BCUT2D eigenvalue weighted by Gasteiger charge is 1.99. The van der Waals surface area contributed by atoms with Gasteiger partial charge in [-0.15, -0.1) is 0 Å². The third kappa shape index (κ3) is 1.42. The molecule has 0 saturated heterocycles. The molecule has 66 valence electrons. The summed E-state index contributed by atoms with van der Waals surface area (Å²) in [5.41, 5.74) is 1.22. The number of aromatic nitrogens is 2. The van der Waals surface area contributed by atoms with Crippen LogP contribution in [0, 0.1) is 0 Å². The molecule has 0 aliphatic heterocycles. The third-order valence-corrected chi connectivity index (χ3v) is 1.93. The van der Waals surface area contributed by atoms with Gasteiger partial charge in [-0.1, -0.05) is 6.58 Å². The summed E-state index contributed by atoms with van der Waals surface area (Å²) in [7, 11) is 0. The van der Waals surface area contributed by atoms with E-state index in [-0.39, 0.29) is 0 Å². The van der Waals surface area contributed by atoms with Crippen molar-refractivity contribution in [3.05, 3.63) is 17.0 Å². The van der Waals surface area contributed by atoms with Crippen LogP contribution in [-0.2, 0) is 0 Å². The summed E-state index contributed by atoms with van der Waals surface area (Å²) >= 11 is 0. The van der Waals surface area contributed by atoms with Gasteiger partial charge in [0, 0.05) is 6.04 Å². The summed E-state index contributed by atoms with van der Waals surface area (Å²) in [6, 6.07) is 0.443. The standard InChI is InChI=1S/C10H16N2/c1-7(2)10-9(5)12(6-11-10)8(3)4/h6,8H,5H2,1-4H3. The zero-order valence-corrected chi connectivity index (χ0v) is 8.26. The average molecular weight is 164 g/mol. The highest BCUT2D eigenvalue weighted by molar-refractivity contribution is 5.35. The minimum Gasteiger partial charge on any atom is -0.329 e. The number of hydrogen-bond donors (Lipinski definition) is 0. The molecule has 12 heavy (non-hydrogen) atoms. The van der Waals surface area contributed by atoms with E-state index in [9.17, 15) is 0 Å². The first-order valence-corrected chi connectivity index (χ1v) is 4.23. The largest absolute Gasteiger partial charge is 0.329 e. The minimum absolute atomic E-state index is 0.443. The second kappa shape index (κ2) is 3.13. The molecule has 0 N–H and O–H groups in total. The Hall–Kier alpha value is -1.05. The molecule has 0 unspecified atom stereocenters. The van der Waals surface area contributed by atoms with Gasteiger partial charge in [-0.2, -0.15) is 0 Å². The first-order chi connectivity index (χ1) is 5.54. The number of nitrogens with zero attached hydrogens (tertiary/aromatic N) is 2. The zero-order valence-electron chi connectivity index (χ0n) is 8.26. The van der Waals surface area contributed by atoms with Gasteiger partial charge in [-0.05, 0) is 33.3 Å². The van der Waals surface area contributed by atoms with Crippen molar-refractivity contribution in [2.24, 2.45) is 0 Å². The zero-order chi connectivity index (χ0) is 9.30. The first kappa shape index (κ1) is 9.04. The van der Waals surface area contributed by atoms with Crippen LogP contribution < -0.4 is 10.7 Å². The van der Waals surface area contributed by atoms with E-state index >= 15 is 0 Å². The van der Waals surface area contributed by atoms with Gasteiger partial charge in [-0.25, -0.2) is 4.98 Å². The highest BCUT2D eigenvalue weighted by Crippen LogP contribution is 1.95. The molecule has 1 heterocycles. The fraction of sp³-hybridized carbons (Fsp3) is 0.500. The maximum atomic E-state index is 4.30. The first-order valence-electron chi connectivity index (χ1n) is 4.23. The Kier molecular flexibility index (Phi) is 2.36. The lowest BCUT2D eigenvalue weighted by Crippen LogP contribution is -2.30. The molecule has 0 amide bonds. The molecule has 0 atom stereocenters. The van der Waals surface area contributed by atoms with Crippen molar-refractivity contribution in [1.29, 1.82) is 0 Å². The van der Waals surface area contributed by atoms with E-state index in [4.69, 9.17) is 0 Å². The molecule has 0 spiro atoms. The highest BCUT2D eigenvalue weighted by atomic mass is 15.1. The van der Waals surface area contributed by atoms with Crippen molar-refractivity contribution < 1.29 is 0 Å². The Bertz CT molecular complexity index is 367. The van der Waals surface area contributed by atoms with Gasteiger partial charge in [-0.3, -0.25) is 0 Å². The molecular weight excluding hydrogens is 148 g/mol. The van der Waals surface area contributed by atoms with E-state index in [1.54, 1.807) is 0 Å². The molecular formula is C10H16N2. The quantitative estimate of drug-likeness (QED) is 0.607. The van der Waals surface area contributed by atoms with E-state index in [2.05, 4.69) is 43.8 Å². The Labute approximate surface area is 73.2 Å². The van der Waals surface area contributed by atoms with Gasteiger partial charge in [0.15, 0.2) is 0 Å². The Morgan fingerprint density at radius 1 is 1.50 bits per heavy atom. The normalized spacial score (nSPS) is 10.8. The third-order valence-electron chi connectivity index (χ3n) is 1.93. The van der Waals surface area contributed by atoms with E-state index in [1.807, 2.05) is 6.33 Å². The second-order valence-electron chi connectivity index (χ2n) is 3.54. The molecule has 0 aliphatic carbocycles. The lowest BCUT2D eigenvalue weighted by atomic mass is 10.3. The van der Waals surface area contributed by atoms with Gasteiger partial charge < -0.3 is 4.57 Å². The van der Waals surface area contributed by atoms with Gasteiger partial charge in [0.25, 0.3) is 0 Å². The molecule has 0 aromatic carbocycles. The Balaban J connectivity index is 3.44. The summed E-state index contributed by atoms with van der Waals surface area (Å²) < 4.78 is 2.09. The van der Waals surface area contributed by atoms with Crippen LogP contribution >= 0.6 is 0 Å². The number of imidazole rings is 1. The maximum Gasteiger partial charge on any atom is 0.0960 e. The van der Waals surface area contributed by atoms with Crippen molar-refractivity contribution in [3.8, 4) is 0 Å². The minimum atomic E-state index is 0.443. The topological polar surface area (TPSA) is 17.8 Å². The molecule has 0 aliphatic rings. The summed E-state index contributed by atoms with van der Waals surface area (Å²) in [4.78, 5) is 4.30. The maximum absolute atomic E-state index is 4.30. The number of hydrogen-bond acceptors (Lipinski definition) is 1. The monoisotopic (exact) mass is 164 g/mol. The fourth-order valence-electron chi connectivity index (χ4n) is 1.25. The van der Waals surface area contributed by atoms with Crippen molar-refractivity contribution in [2.45, 2.75) is 33.7 Å². The lowest BCUT2D eigenvalue weighted by molar-refractivity contribution is 0.586. The summed E-state index contributed by atoms with van der Waals surface area (Å²) in [6.07, 6.45) is 1.86. The summed E-state index contributed by atoms with van der Waals surface area (Å²) in [5, 5.41) is 2.05. The van der Waals surface area contributed by atoms with Crippen LogP contribution in [0.25, 0.3) is 12.2 Å². The van der Waals surface area contributed by atoms with Crippen molar-refractivity contribution in [2.75, 3.05) is 0 Å². The smallest absolute Gasteiger partial charge is 0.0960 e. The second-order valence-corrected chi connectivity index (χ2v) is 3.54. The Morgan fingerprint density at radius 2 is 2.08 bits per heavy atom. The van der Waals surface area contributed by atoms with Crippen molar-refractivity contribution in [1.82, 2.24) is 9.55 Å². The van der Waals surface area contributed by atoms with Crippen LogP contribution in [-0.4, -0.2) is 9.55 Å². The summed E-state index contributed by atoms with van der Waals surface area (Å²) in [6.45, 7) is 12.4. The van der Waals surface area contributed by atoms with Crippen LogP contribution in [0.15, 0.2) is 6.33 Å². The van der Waals surface area contributed by atoms with E-state index in [1.165, 1.54) is 5.57 Å². The van der Waals surface area contributed by atoms with Crippen LogP contribution in [0.2, 0.25) is 0 Å². The SMILES string of the molecule is C=c1c(=C(C)C)ncn1C(C)C. The molecule has 0 saturated carbocycles. The van der Waals surface area contributed by atoms with E-state index < -0.39 is 0 Å². The fourth-order valence-corrected chi connectivity index (χ4v) is 1.25. The van der Waals surface area contributed by atoms with E-state index in [0.717, 1.165) is 10.7 Å². The van der Waals surface area contributed by atoms with Gasteiger partial charge >= 0.3 is 0 Å². The van der Waals surface area contributed by atoms with E-state index in [0.29, 0.717) is 6.04 Å². The van der Waals surface area contributed by atoms with Crippen LogP contribution in [0.1, 0.15) is 33.7 Å². The molecule has 2 nitrogen and oxygen atoms in total.